The number of allylic oxidation sites excluding steroid dienone is 19. The predicted octanol–water partition coefficient (Wildman–Crippen LogP) is 11.9. The molecule has 6 N–H and O–H groups in total. The molecule has 11 nitrogen and oxygen atoms in total. The minimum absolute atomic E-state index is 0.0348. The molecule has 0 aliphatic carbocycles. The molecule has 8 atom stereocenters. The van der Waals surface area contributed by atoms with Crippen molar-refractivity contribution in [3.8, 4) is 0 Å². The van der Waals surface area contributed by atoms with Gasteiger partial charge >= 0.3 is 5.97 Å². The van der Waals surface area contributed by atoms with Crippen molar-refractivity contribution >= 4 is 11.9 Å². The van der Waals surface area contributed by atoms with Gasteiger partial charge in [0.1, 0.15) is 24.4 Å². The van der Waals surface area contributed by atoms with Crippen LogP contribution in [-0.2, 0) is 23.8 Å². The molecule has 0 spiro atoms. The molecule has 1 fully saturated rings. The predicted molar refractivity (Wildman–Crippen MR) is 291 cm³/mol. The summed E-state index contributed by atoms with van der Waals surface area (Å²) in [5, 5.41) is 56.6. The van der Waals surface area contributed by atoms with Crippen LogP contribution in [0.5, 0.6) is 0 Å². The average Bonchev–Trinajstić information content (AvgIpc) is 3.37. The number of rotatable bonds is 43. The van der Waals surface area contributed by atoms with Gasteiger partial charge in [0.25, 0.3) is 0 Å². The van der Waals surface area contributed by atoms with E-state index in [4.69, 9.17) is 14.2 Å². The van der Waals surface area contributed by atoms with Gasteiger partial charge in [-0.15, -0.1) is 0 Å². The number of aliphatic hydroxyl groups is 5. The van der Waals surface area contributed by atoms with E-state index in [1.165, 1.54) is 38.5 Å². The topological polar surface area (TPSA) is 175 Å². The molecule has 1 heterocycles. The summed E-state index contributed by atoms with van der Waals surface area (Å²) < 4.78 is 17.5. The molecule has 0 bridgehead atoms. The monoisotopic (exact) mass is 992 g/mol. The Bertz CT molecular complexity index is 1610. The second kappa shape index (κ2) is 47.1. The van der Waals surface area contributed by atoms with Crippen molar-refractivity contribution in [1.29, 1.82) is 0 Å². The van der Waals surface area contributed by atoms with Crippen LogP contribution in [0.4, 0.5) is 0 Å². The quantitative estimate of drug-likeness (QED) is 0.0149. The molecular formula is C60H97NO10. The molecule has 71 heavy (non-hydrogen) atoms. The molecule has 0 aromatic carbocycles. The Morgan fingerprint density at radius 1 is 0.577 bits per heavy atom. The van der Waals surface area contributed by atoms with Crippen molar-refractivity contribution in [3.05, 3.63) is 122 Å². The van der Waals surface area contributed by atoms with Gasteiger partial charge in [0, 0.05) is 6.42 Å². The number of aliphatic hydroxyl groups excluding tert-OH is 5. The van der Waals surface area contributed by atoms with Crippen LogP contribution in [0.25, 0.3) is 0 Å². The summed E-state index contributed by atoms with van der Waals surface area (Å²) in [4.78, 5) is 26.4. The van der Waals surface area contributed by atoms with E-state index < -0.39 is 67.4 Å². The number of hydrogen-bond acceptors (Lipinski definition) is 10. The normalized spacial score (nSPS) is 20.6. The van der Waals surface area contributed by atoms with E-state index in [0.29, 0.717) is 19.3 Å². The summed E-state index contributed by atoms with van der Waals surface area (Å²) >= 11 is 0. The number of hydrogen-bond donors (Lipinski definition) is 6. The fourth-order valence-electron chi connectivity index (χ4n) is 7.64. The zero-order valence-electron chi connectivity index (χ0n) is 44.0. The minimum Gasteiger partial charge on any atom is -0.454 e. The third-order valence-corrected chi connectivity index (χ3v) is 12.0. The van der Waals surface area contributed by atoms with Crippen LogP contribution in [0.1, 0.15) is 181 Å². The molecule has 1 rings (SSSR count). The lowest BCUT2D eigenvalue weighted by molar-refractivity contribution is -0.305. The summed E-state index contributed by atoms with van der Waals surface area (Å²) in [6, 6.07) is -1.05. The highest BCUT2D eigenvalue weighted by Gasteiger charge is 2.47. The van der Waals surface area contributed by atoms with Gasteiger partial charge in [-0.05, 0) is 83.5 Å². The van der Waals surface area contributed by atoms with Crippen molar-refractivity contribution in [2.45, 2.75) is 230 Å². The maximum atomic E-state index is 13.3. The Morgan fingerprint density at radius 2 is 1.08 bits per heavy atom. The minimum atomic E-state index is -1.65. The van der Waals surface area contributed by atoms with Gasteiger partial charge in [0.05, 0.1) is 25.4 Å². The molecule has 0 aromatic heterocycles. The SMILES string of the molecule is CC/C=C\C/C=C\C/C=C\C/C=C\C/C=C\CCCC(=O)OC1C(OCC(NC(=O)C(O)CCCCCC\C=C/C=C/C=C/C=C/CC)C(O)/C=C/CCCCCCCCCCC)OC(CO)C(O)C1O. The van der Waals surface area contributed by atoms with Crippen LogP contribution in [0.15, 0.2) is 122 Å². The number of carbonyl (C=O) groups excluding carboxylic acids is 2. The maximum Gasteiger partial charge on any atom is 0.306 e. The fourth-order valence-corrected chi connectivity index (χ4v) is 7.64. The second-order valence-corrected chi connectivity index (χ2v) is 18.3. The average molecular weight is 992 g/mol. The first-order chi connectivity index (χ1) is 34.7. The van der Waals surface area contributed by atoms with Crippen molar-refractivity contribution in [2.75, 3.05) is 13.2 Å². The van der Waals surface area contributed by atoms with Gasteiger partial charge in [-0.25, -0.2) is 0 Å². The van der Waals surface area contributed by atoms with E-state index in [-0.39, 0.29) is 19.4 Å². The van der Waals surface area contributed by atoms with Gasteiger partial charge in [0.2, 0.25) is 5.91 Å². The Balaban J connectivity index is 2.81. The van der Waals surface area contributed by atoms with E-state index in [9.17, 15) is 35.1 Å². The number of esters is 1. The molecular weight excluding hydrogens is 895 g/mol. The fraction of sp³-hybridized carbons (Fsp3) is 0.633. The molecule has 1 saturated heterocycles. The van der Waals surface area contributed by atoms with E-state index >= 15 is 0 Å². The van der Waals surface area contributed by atoms with Crippen LogP contribution < -0.4 is 5.32 Å². The highest BCUT2D eigenvalue weighted by atomic mass is 16.7. The van der Waals surface area contributed by atoms with Crippen molar-refractivity contribution in [2.24, 2.45) is 0 Å². The number of unbranched alkanes of at least 4 members (excludes halogenated alkanes) is 14. The standard InChI is InChI=1S/C60H97NO10/c1-4-7-10-13-16-19-22-24-26-27-28-30-33-36-39-42-45-48-55(65)71-58-57(67)56(66)54(49-62)70-60(58)69-50-51(52(63)46-43-40-37-34-31-21-18-15-12-9-6-3)61-59(68)53(64)47-44-41-38-35-32-29-25-23-20-17-14-11-8-5-2/h7-8,10-11,14,16-17,19-20,23-26,28-30,36,39,43,46,51-54,56-58,60,62-64,66-67H,4-6,9,12-13,15,18,21-22,27,31-35,37-38,40-42,44-45,47-50H2,1-3H3,(H,61,68)/b10-7-,11-8+,17-14+,19-16-,23-20+,26-24-,29-25-,30-28-,39-36-,46-43+. The highest BCUT2D eigenvalue weighted by molar-refractivity contribution is 5.80. The number of amides is 1. The van der Waals surface area contributed by atoms with Gasteiger partial charge < -0.3 is 45.1 Å². The van der Waals surface area contributed by atoms with Gasteiger partial charge in [-0.1, -0.05) is 213 Å². The molecule has 8 unspecified atom stereocenters. The lowest BCUT2D eigenvalue weighted by Crippen LogP contribution is -2.61. The highest BCUT2D eigenvalue weighted by Crippen LogP contribution is 2.26. The molecule has 0 saturated carbocycles. The first kappa shape index (κ1) is 65.1. The molecule has 1 aliphatic heterocycles. The largest absolute Gasteiger partial charge is 0.454 e. The number of carbonyl (C=O) groups is 2. The van der Waals surface area contributed by atoms with Crippen LogP contribution >= 0.6 is 0 Å². The van der Waals surface area contributed by atoms with E-state index in [1.54, 1.807) is 6.08 Å². The van der Waals surface area contributed by atoms with Gasteiger partial charge in [-0.3, -0.25) is 9.59 Å². The molecule has 0 radical (unpaired) electrons. The molecule has 11 heteroatoms. The first-order valence-electron chi connectivity index (χ1n) is 27.4. The van der Waals surface area contributed by atoms with E-state index in [0.717, 1.165) is 89.9 Å². The Labute approximate surface area is 430 Å². The molecule has 402 valence electrons. The smallest absolute Gasteiger partial charge is 0.306 e. The van der Waals surface area contributed by atoms with Crippen LogP contribution in [0, 0.1) is 0 Å². The first-order valence-corrected chi connectivity index (χ1v) is 27.4. The Morgan fingerprint density at radius 3 is 1.68 bits per heavy atom. The van der Waals surface area contributed by atoms with Gasteiger partial charge in [-0.2, -0.15) is 0 Å². The van der Waals surface area contributed by atoms with Crippen LogP contribution in [0.3, 0.4) is 0 Å². The van der Waals surface area contributed by atoms with E-state index in [2.05, 4.69) is 86.8 Å². The Hall–Kier alpha value is -3.94. The number of nitrogens with one attached hydrogen (secondary N) is 1. The van der Waals surface area contributed by atoms with E-state index in [1.807, 2.05) is 54.7 Å². The summed E-state index contributed by atoms with van der Waals surface area (Å²) in [6.45, 7) is 5.44. The van der Waals surface area contributed by atoms with Crippen molar-refractivity contribution in [1.82, 2.24) is 5.32 Å². The second-order valence-electron chi connectivity index (χ2n) is 18.3. The zero-order valence-corrected chi connectivity index (χ0v) is 44.0. The lowest BCUT2D eigenvalue weighted by atomic mass is 9.99. The maximum absolute atomic E-state index is 13.3. The van der Waals surface area contributed by atoms with Crippen LogP contribution in [-0.4, -0.2) is 99.6 Å². The Kier molecular flexibility index (Phi) is 43.2. The molecule has 1 amide bonds. The summed E-state index contributed by atoms with van der Waals surface area (Å²) in [7, 11) is 0. The molecule has 0 aromatic rings. The summed E-state index contributed by atoms with van der Waals surface area (Å²) in [5.41, 5.74) is 0. The third-order valence-electron chi connectivity index (χ3n) is 12.0. The molecule has 1 aliphatic rings. The van der Waals surface area contributed by atoms with Crippen LogP contribution in [0.2, 0.25) is 0 Å². The van der Waals surface area contributed by atoms with Crippen molar-refractivity contribution < 1.29 is 49.3 Å². The summed E-state index contributed by atoms with van der Waals surface area (Å²) in [6.07, 6.45) is 53.9. The summed E-state index contributed by atoms with van der Waals surface area (Å²) in [5.74, 6) is -1.30. The lowest BCUT2D eigenvalue weighted by Gasteiger charge is -2.41. The van der Waals surface area contributed by atoms with Gasteiger partial charge in [0.15, 0.2) is 12.4 Å². The van der Waals surface area contributed by atoms with Crippen molar-refractivity contribution in [3.63, 3.8) is 0 Å². The third kappa shape index (κ3) is 35.8. The number of ether oxygens (including phenoxy) is 3. The zero-order chi connectivity index (χ0) is 51.8.